The van der Waals surface area contributed by atoms with Crippen molar-refractivity contribution in [2.24, 2.45) is 0 Å². The molecule has 0 spiro atoms. The molecular weight excluding hydrogens is 402 g/mol. The van der Waals surface area contributed by atoms with E-state index in [-0.39, 0.29) is 30.3 Å². The van der Waals surface area contributed by atoms with Gasteiger partial charge in [-0.2, -0.15) is 0 Å². The van der Waals surface area contributed by atoms with E-state index in [1.165, 1.54) is 11.8 Å². The number of hydrogen-bond donors (Lipinski definition) is 2. The molecule has 1 aliphatic heterocycles. The molecule has 7 nitrogen and oxygen atoms in total. The van der Waals surface area contributed by atoms with Crippen LogP contribution in [0.5, 0.6) is 0 Å². The number of carbonyl (C=O) groups excluding carboxylic acids is 1. The van der Waals surface area contributed by atoms with Gasteiger partial charge in [0.2, 0.25) is 10.0 Å². The van der Waals surface area contributed by atoms with Gasteiger partial charge in [-0.1, -0.05) is 30.3 Å². The van der Waals surface area contributed by atoms with Crippen LogP contribution in [0.1, 0.15) is 56.4 Å². The molecule has 1 heterocycles. The van der Waals surface area contributed by atoms with E-state index in [2.05, 4.69) is 34.3 Å². The van der Waals surface area contributed by atoms with Gasteiger partial charge >= 0.3 is 6.03 Å². The Bertz CT molecular complexity index is 820. The fourth-order valence-electron chi connectivity index (χ4n) is 4.73. The molecule has 166 valence electrons. The van der Waals surface area contributed by atoms with Crippen molar-refractivity contribution in [3.8, 4) is 0 Å². The first-order valence-corrected chi connectivity index (χ1v) is 13.0. The normalized spacial score (nSPS) is 29.7. The number of benzene rings is 1. The van der Waals surface area contributed by atoms with E-state index in [0.717, 1.165) is 38.5 Å². The van der Waals surface area contributed by atoms with E-state index in [9.17, 15) is 13.2 Å². The van der Waals surface area contributed by atoms with Crippen molar-refractivity contribution in [1.29, 1.82) is 0 Å². The van der Waals surface area contributed by atoms with E-state index in [0.29, 0.717) is 25.5 Å². The van der Waals surface area contributed by atoms with Gasteiger partial charge < -0.3 is 15.0 Å². The van der Waals surface area contributed by atoms with Crippen LogP contribution in [-0.4, -0.2) is 63.0 Å². The minimum Gasteiger partial charge on any atom is -0.376 e. The van der Waals surface area contributed by atoms with E-state index in [1.807, 2.05) is 6.07 Å². The third-order valence-corrected chi connectivity index (χ3v) is 7.26. The average Bonchev–Trinajstić information content (AvgIpc) is 3.45. The summed E-state index contributed by atoms with van der Waals surface area (Å²) in [6.45, 7) is 0.909. The van der Waals surface area contributed by atoms with Crippen LogP contribution in [-0.2, 0) is 14.8 Å². The molecule has 1 aromatic carbocycles. The maximum atomic E-state index is 12.7. The summed E-state index contributed by atoms with van der Waals surface area (Å²) < 4.78 is 32.6. The molecule has 1 aromatic rings. The van der Waals surface area contributed by atoms with Gasteiger partial charge in [0.1, 0.15) is 0 Å². The first-order chi connectivity index (χ1) is 14.4. The van der Waals surface area contributed by atoms with Crippen molar-refractivity contribution in [1.82, 2.24) is 14.9 Å². The van der Waals surface area contributed by atoms with Gasteiger partial charge in [0.25, 0.3) is 0 Å². The second-order valence-corrected chi connectivity index (χ2v) is 10.8. The van der Waals surface area contributed by atoms with Crippen LogP contribution >= 0.6 is 0 Å². The van der Waals surface area contributed by atoms with Crippen molar-refractivity contribution >= 4 is 16.1 Å². The highest BCUT2D eigenvalue weighted by atomic mass is 32.2. The molecule has 2 saturated carbocycles. The third kappa shape index (κ3) is 5.74. The summed E-state index contributed by atoms with van der Waals surface area (Å²) in [6, 6.07) is 10.2. The summed E-state index contributed by atoms with van der Waals surface area (Å²) in [5.74, 6) is 0.581. The van der Waals surface area contributed by atoms with Crippen molar-refractivity contribution in [2.75, 3.05) is 19.4 Å². The standard InChI is InChI=1S/C22H33N3O4S/c1-30(27,28)24-20-13-14-25(22(26)23-18-9-10-18)21(20)15-29-19-11-7-17(8-12-19)16-5-3-2-4-6-16/h2-6,17-21,24H,7-15H2,1H3,(H,23,26)/t17-,19+,20-,21-/m0/s1. The van der Waals surface area contributed by atoms with Crippen molar-refractivity contribution < 1.29 is 17.9 Å². The molecule has 3 fully saturated rings. The lowest BCUT2D eigenvalue weighted by atomic mass is 9.83. The van der Waals surface area contributed by atoms with Crippen LogP contribution in [0.4, 0.5) is 4.79 Å². The summed E-state index contributed by atoms with van der Waals surface area (Å²) in [5, 5.41) is 3.03. The Balaban J connectivity index is 1.33. The van der Waals surface area contributed by atoms with E-state index >= 15 is 0 Å². The lowest BCUT2D eigenvalue weighted by molar-refractivity contribution is -0.000671. The van der Waals surface area contributed by atoms with Crippen molar-refractivity contribution in [3.05, 3.63) is 35.9 Å². The van der Waals surface area contributed by atoms with Crippen molar-refractivity contribution in [2.45, 2.75) is 75.1 Å². The second kappa shape index (κ2) is 9.24. The molecular formula is C22H33N3O4S. The van der Waals surface area contributed by atoms with Crippen LogP contribution in [0.25, 0.3) is 0 Å². The first-order valence-electron chi connectivity index (χ1n) is 11.1. The summed E-state index contributed by atoms with van der Waals surface area (Å²) in [4.78, 5) is 14.4. The fourth-order valence-corrected chi connectivity index (χ4v) is 5.56. The zero-order valence-corrected chi connectivity index (χ0v) is 18.4. The molecule has 2 atom stereocenters. The second-order valence-electron chi connectivity index (χ2n) is 8.99. The number of rotatable bonds is 7. The van der Waals surface area contributed by atoms with Crippen LogP contribution < -0.4 is 10.0 Å². The van der Waals surface area contributed by atoms with Crippen LogP contribution in [0.15, 0.2) is 30.3 Å². The molecule has 2 N–H and O–H groups in total. The third-order valence-electron chi connectivity index (χ3n) is 6.52. The number of ether oxygens (including phenoxy) is 1. The van der Waals surface area contributed by atoms with Gasteiger partial charge in [0.15, 0.2) is 0 Å². The Labute approximate surface area is 179 Å². The first kappa shape index (κ1) is 21.6. The molecule has 4 rings (SSSR count). The minimum atomic E-state index is -3.35. The highest BCUT2D eigenvalue weighted by Gasteiger charge is 2.40. The van der Waals surface area contributed by atoms with Gasteiger partial charge in [-0.15, -0.1) is 0 Å². The molecule has 0 unspecified atom stereocenters. The largest absolute Gasteiger partial charge is 0.376 e. The molecule has 3 aliphatic rings. The molecule has 0 bridgehead atoms. The Morgan fingerprint density at radius 2 is 1.77 bits per heavy atom. The number of nitrogens with one attached hydrogen (secondary N) is 2. The number of amides is 2. The number of hydrogen-bond acceptors (Lipinski definition) is 4. The lowest BCUT2D eigenvalue weighted by Crippen LogP contribution is -2.52. The summed E-state index contributed by atoms with van der Waals surface area (Å²) in [7, 11) is -3.35. The quantitative estimate of drug-likeness (QED) is 0.689. The number of carbonyl (C=O) groups is 1. The predicted molar refractivity (Wildman–Crippen MR) is 116 cm³/mol. The average molecular weight is 436 g/mol. The van der Waals surface area contributed by atoms with Gasteiger partial charge in [0, 0.05) is 18.6 Å². The fraction of sp³-hybridized carbons (Fsp3) is 0.682. The highest BCUT2D eigenvalue weighted by molar-refractivity contribution is 7.88. The van der Waals surface area contributed by atoms with Gasteiger partial charge in [-0.25, -0.2) is 17.9 Å². The van der Waals surface area contributed by atoms with Gasteiger partial charge in [0.05, 0.1) is 25.0 Å². The maximum Gasteiger partial charge on any atom is 0.318 e. The number of likely N-dealkylation sites (tertiary alicyclic amines) is 1. The molecule has 30 heavy (non-hydrogen) atoms. The van der Waals surface area contributed by atoms with E-state index in [1.54, 1.807) is 4.90 Å². The number of urea groups is 1. The SMILES string of the molecule is CS(=O)(=O)N[C@H]1CCN(C(=O)NC2CC2)[C@H]1CO[C@H]1CC[C@@H](c2ccccc2)CC1. The van der Waals surface area contributed by atoms with E-state index in [4.69, 9.17) is 4.74 Å². The van der Waals surface area contributed by atoms with Crippen LogP contribution in [0, 0.1) is 0 Å². The predicted octanol–water partition coefficient (Wildman–Crippen LogP) is 2.59. The summed E-state index contributed by atoms with van der Waals surface area (Å²) >= 11 is 0. The molecule has 8 heteroatoms. The number of sulfonamides is 1. The topological polar surface area (TPSA) is 87.7 Å². The van der Waals surface area contributed by atoms with Gasteiger partial charge in [-0.3, -0.25) is 0 Å². The Hall–Kier alpha value is -1.64. The number of nitrogens with zero attached hydrogens (tertiary/aromatic N) is 1. The Kier molecular flexibility index (Phi) is 6.65. The molecule has 0 radical (unpaired) electrons. The molecule has 2 aliphatic carbocycles. The lowest BCUT2D eigenvalue weighted by Gasteiger charge is -2.33. The Morgan fingerprint density at radius 1 is 1.07 bits per heavy atom. The van der Waals surface area contributed by atoms with Gasteiger partial charge in [-0.05, 0) is 56.4 Å². The van der Waals surface area contributed by atoms with Crippen LogP contribution in [0.3, 0.4) is 0 Å². The molecule has 2 amide bonds. The highest BCUT2D eigenvalue weighted by Crippen LogP contribution is 2.34. The zero-order valence-electron chi connectivity index (χ0n) is 17.6. The molecule has 1 saturated heterocycles. The summed E-state index contributed by atoms with van der Waals surface area (Å²) in [6.07, 6.45) is 8.16. The maximum absolute atomic E-state index is 12.7. The summed E-state index contributed by atoms with van der Waals surface area (Å²) in [5.41, 5.74) is 1.40. The smallest absolute Gasteiger partial charge is 0.318 e. The van der Waals surface area contributed by atoms with Crippen LogP contribution in [0.2, 0.25) is 0 Å². The van der Waals surface area contributed by atoms with E-state index < -0.39 is 10.0 Å². The monoisotopic (exact) mass is 435 g/mol. The van der Waals surface area contributed by atoms with Crippen molar-refractivity contribution in [3.63, 3.8) is 0 Å². The molecule has 0 aromatic heterocycles. The Morgan fingerprint density at radius 3 is 2.40 bits per heavy atom. The minimum absolute atomic E-state index is 0.100. The zero-order chi connectivity index (χ0) is 21.1.